The molecule has 0 aromatic carbocycles. The number of aromatic nitrogens is 2. The molecule has 1 aliphatic rings. The van der Waals surface area contributed by atoms with Gasteiger partial charge in [0.2, 0.25) is 0 Å². The zero-order valence-electron chi connectivity index (χ0n) is 15.4. The number of rotatable bonds is 8. The Morgan fingerprint density at radius 2 is 1.77 bits per heavy atom. The smallest absolute Gasteiger partial charge is 0.330 e. The van der Waals surface area contributed by atoms with Crippen LogP contribution in [0.4, 0.5) is 0 Å². The molecule has 2 radical (unpaired) electrons. The Labute approximate surface area is 163 Å². The van der Waals surface area contributed by atoms with Gasteiger partial charge in [-0.15, -0.1) is 0 Å². The van der Waals surface area contributed by atoms with Crippen LogP contribution < -0.4 is 11.2 Å². The van der Waals surface area contributed by atoms with E-state index in [1.165, 1.54) is 25.7 Å². The van der Waals surface area contributed by atoms with Gasteiger partial charge in [0, 0.05) is 12.3 Å². The standard InChI is InChI=1S/C9H12N2O6.2C4H9.Sn/c12-3-4-6(14)7(15)8(17-4)11-2-1-5(13)10-9(11)16;2*1-3-4-2;/h1-2,4,6-8,12,14-15H,3H2,(H,10,13,16);2*1,3-4H2,2H3;/t4-,6-,7-,8-;;;/m1.../s1. The van der Waals surface area contributed by atoms with Crippen LogP contribution in [0.3, 0.4) is 0 Å². The van der Waals surface area contributed by atoms with Crippen molar-refractivity contribution in [1.82, 2.24) is 9.55 Å². The molecule has 0 bridgehead atoms. The van der Waals surface area contributed by atoms with Crippen LogP contribution >= 0.6 is 0 Å². The van der Waals surface area contributed by atoms with Gasteiger partial charge in [-0.25, -0.2) is 4.79 Å². The van der Waals surface area contributed by atoms with Crippen molar-refractivity contribution >= 4 is 21.1 Å². The van der Waals surface area contributed by atoms with Gasteiger partial charge in [0.15, 0.2) is 6.23 Å². The number of hydrogen-bond donors (Lipinski definition) is 4. The Hall–Kier alpha value is -0.681. The van der Waals surface area contributed by atoms with E-state index in [0.29, 0.717) is 0 Å². The fourth-order valence-electron chi connectivity index (χ4n) is 2.47. The minimum absolute atomic E-state index is 0.149. The second kappa shape index (κ2) is 12.7. The first-order valence-corrected chi connectivity index (χ1v) is 13.1. The van der Waals surface area contributed by atoms with Gasteiger partial charge in [0.05, 0.1) is 6.61 Å². The SMILES string of the molecule is CCC[CH2][Sn][CH2]CCC.O=c1ccn([C@@H]2O[C@H](CO)[C@@H](O)[C@H]2O)c(=O)[nH]1. The predicted molar refractivity (Wildman–Crippen MR) is 99.5 cm³/mol. The van der Waals surface area contributed by atoms with E-state index in [-0.39, 0.29) is 21.1 Å². The largest absolute Gasteiger partial charge is 0.394 e. The number of unbranched alkanes of at least 4 members (excludes halogenated alkanes) is 2. The summed E-state index contributed by atoms with van der Waals surface area (Å²) >= 11 is 0.149. The van der Waals surface area contributed by atoms with Crippen molar-refractivity contribution in [2.75, 3.05) is 6.61 Å². The van der Waals surface area contributed by atoms with Crippen LogP contribution in [0.2, 0.25) is 8.87 Å². The molecule has 0 spiro atoms. The molecule has 1 aliphatic heterocycles. The molecule has 1 fully saturated rings. The average Bonchev–Trinajstić information content (AvgIpc) is 2.90. The van der Waals surface area contributed by atoms with Crippen LogP contribution in [-0.4, -0.2) is 70.9 Å². The number of H-pyrrole nitrogens is 1. The van der Waals surface area contributed by atoms with Crippen molar-refractivity contribution in [1.29, 1.82) is 0 Å². The van der Waals surface area contributed by atoms with E-state index < -0.39 is 42.4 Å². The second-order valence-corrected chi connectivity index (χ2v) is 10.5. The van der Waals surface area contributed by atoms with E-state index in [0.717, 1.165) is 16.8 Å². The Bertz CT molecular complexity index is 614. The molecule has 9 heteroatoms. The third-order valence-electron chi connectivity index (χ3n) is 4.06. The fraction of sp³-hybridized carbons (Fsp3) is 0.765. The average molecular weight is 477 g/mol. The molecular formula is C17H30N2O6Sn. The minimum Gasteiger partial charge on any atom is -0.394 e. The first-order chi connectivity index (χ1) is 12.5. The molecule has 0 amide bonds. The summed E-state index contributed by atoms with van der Waals surface area (Å²) in [5.74, 6) is 0. The molecule has 0 unspecified atom stereocenters. The maximum Gasteiger partial charge on any atom is 0.330 e. The van der Waals surface area contributed by atoms with Gasteiger partial charge in [-0.3, -0.25) is 14.3 Å². The maximum atomic E-state index is 11.4. The summed E-state index contributed by atoms with van der Waals surface area (Å²) in [6.07, 6.45) is 2.26. The molecule has 0 saturated carbocycles. The van der Waals surface area contributed by atoms with E-state index in [1.54, 1.807) is 8.87 Å². The van der Waals surface area contributed by atoms with Crippen molar-refractivity contribution in [3.63, 3.8) is 0 Å². The number of nitrogens with zero attached hydrogens (tertiary/aromatic N) is 1. The number of ether oxygens (including phenoxy) is 1. The van der Waals surface area contributed by atoms with Crippen LogP contribution in [0, 0.1) is 0 Å². The van der Waals surface area contributed by atoms with E-state index in [2.05, 4.69) is 13.8 Å². The molecule has 26 heavy (non-hydrogen) atoms. The van der Waals surface area contributed by atoms with Crippen LogP contribution in [0.5, 0.6) is 0 Å². The van der Waals surface area contributed by atoms with Gasteiger partial charge in [-0.1, -0.05) is 0 Å². The topological polar surface area (TPSA) is 125 Å². The van der Waals surface area contributed by atoms with E-state index >= 15 is 0 Å². The van der Waals surface area contributed by atoms with Crippen molar-refractivity contribution in [3.05, 3.63) is 33.1 Å². The van der Waals surface area contributed by atoms with Gasteiger partial charge in [-0.2, -0.15) is 0 Å². The van der Waals surface area contributed by atoms with Gasteiger partial charge in [0.1, 0.15) is 18.3 Å². The minimum atomic E-state index is -1.35. The van der Waals surface area contributed by atoms with Gasteiger partial charge < -0.3 is 20.1 Å². The molecule has 2 rings (SSSR count). The zero-order chi connectivity index (χ0) is 19.5. The molecule has 4 atom stereocenters. The summed E-state index contributed by atoms with van der Waals surface area (Å²) in [5.41, 5.74) is -1.33. The van der Waals surface area contributed by atoms with Crippen molar-refractivity contribution in [3.8, 4) is 0 Å². The number of nitrogens with one attached hydrogen (secondary N) is 1. The number of aliphatic hydroxyl groups excluding tert-OH is 3. The Morgan fingerprint density at radius 1 is 1.15 bits per heavy atom. The summed E-state index contributed by atoms with van der Waals surface area (Å²) in [6, 6.07) is 1.09. The summed E-state index contributed by atoms with van der Waals surface area (Å²) < 4.78 is 9.33. The summed E-state index contributed by atoms with van der Waals surface area (Å²) in [5, 5.41) is 28.1. The Kier molecular flexibility index (Phi) is 11.4. The predicted octanol–water partition coefficient (Wildman–Crippen LogP) is 0.275. The number of aromatic amines is 1. The summed E-state index contributed by atoms with van der Waals surface area (Å²) in [7, 11) is 0. The molecule has 4 N–H and O–H groups in total. The Balaban J connectivity index is 0.000000321. The van der Waals surface area contributed by atoms with Gasteiger partial charge in [-0.05, 0) is 0 Å². The molecule has 0 aliphatic carbocycles. The first kappa shape index (κ1) is 23.4. The monoisotopic (exact) mass is 478 g/mol. The van der Waals surface area contributed by atoms with Gasteiger partial charge >= 0.3 is 75.2 Å². The van der Waals surface area contributed by atoms with Crippen LogP contribution in [0.25, 0.3) is 0 Å². The van der Waals surface area contributed by atoms with E-state index in [4.69, 9.17) is 9.84 Å². The normalized spacial score (nSPS) is 25.0. The molecule has 148 valence electrons. The number of hydrogen-bond acceptors (Lipinski definition) is 6. The second-order valence-electron chi connectivity index (χ2n) is 6.20. The van der Waals surface area contributed by atoms with Crippen LogP contribution in [-0.2, 0) is 4.74 Å². The van der Waals surface area contributed by atoms with E-state index in [9.17, 15) is 19.8 Å². The quantitative estimate of drug-likeness (QED) is 0.315. The molecule has 2 heterocycles. The van der Waals surface area contributed by atoms with Crippen molar-refractivity contribution < 1.29 is 20.1 Å². The summed E-state index contributed by atoms with van der Waals surface area (Å²) in [6.45, 7) is 4.10. The summed E-state index contributed by atoms with van der Waals surface area (Å²) in [4.78, 5) is 24.3. The van der Waals surface area contributed by atoms with Crippen LogP contribution in [0.1, 0.15) is 45.8 Å². The van der Waals surface area contributed by atoms with Crippen molar-refractivity contribution in [2.24, 2.45) is 0 Å². The molecule has 1 aromatic heterocycles. The molecule has 1 saturated heterocycles. The fourth-order valence-corrected chi connectivity index (χ4v) is 6.62. The zero-order valence-corrected chi connectivity index (χ0v) is 18.3. The Morgan fingerprint density at radius 3 is 2.23 bits per heavy atom. The molecular weight excluding hydrogens is 447 g/mol. The van der Waals surface area contributed by atoms with Crippen LogP contribution in [0.15, 0.2) is 21.9 Å². The maximum absolute atomic E-state index is 11.4. The third kappa shape index (κ3) is 7.15. The third-order valence-corrected chi connectivity index (χ3v) is 8.09. The van der Waals surface area contributed by atoms with E-state index in [1.807, 2.05) is 4.98 Å². The number of aliphatic hydroxyl groups is 3. The van der Waals surface area contributed by atoms with Gasteiger partial charge in [0.25, 0.3) is 5.56 Å². The van der Waals surface area contributed by atoms with Crippen molar-refractivity contribution in [2.45, 2.75) is 72.9 Å². The molecule has 8 nitrogen and oxygen atoms in total. The first-order valence-electron chi connectivity index (χ1n) is 9.10. The molecule has 1 aromatic rings.